The summed E-state index contributed by atoms with van der Waals surface area (Å²) in [5, 5.41) is 0. The van der Waals surface area contributed by atoms with E-state index in [1.807, 2.05) is 25.7 Å². The van der Waals surface area contributed by atoms with Crippen molar-refractivity contribution in [3.05, 3.63) is 0 Å². The molecule has 2 atom stereocenters. The highest BCUT2D eigenvalue weighted by Crippen LogP contribution is 2.41. The molecule has 0 radical (unpaired) electrons. The van der Waals surface area contributed by atoms with Gasteiger partial charge in [-0.15, -0.1) is 0 Å². The second kappa shape index (κ2) is 6.33. The van der Waals surface area contributed by atoms with Crippen LogP contribution in [-0.2, 0) is 4.74 Å². The zero-order chi connectivity index (χ0) is 14.8. The molecule has 1 saturated carbocycles. The number of hydrogen-bond donors (Lipinski definition) is 1. The molecule has 1 aliphatic heterocycles. The van der Waals surface area contributed by atoms with Crippen molar-refractivity contribution in [2.45, 2.75) is 58.5 Å². The fraction of sp³-hybridized carbons (Fsp3) is 0.938. The van der Waals surface area contributed by atoms with E-state index in [1.165, 1.54) is 19.3 Å². The summed E-state index contributed by atoms with van der Waals surface area (Å²) in [4.78, 5) is 14.1. The molecule has 2 aliphatic rings. The Hall–Kier alpha value is -0.770. The summed E-state index contributed by atoms with van der Waals surface area (Å²) in [7, 11) is 0. The quantitative estimate of drug-likeness (QED) is 0.847. The van der Waals surface area contributed by atoms with Gasteiger partial charge >= 0.3 is 6.09 Å². The van der Waals surface area contributed by atoms with E-state index in [0.717, 1.165) is 38.4 Å². The number of carbonyl (C=O) groups excluding carboxylic acids is 1. The first-order valence-corrected chi connectivity index (χ1v) is 8.08. The first-order chi connectivity index (χ1) is 9.40. The van der Waals surface area contributed by atoms with Crippen LogP contribution >= 0.6 is 0 Å². The van der Waals surface area contributed by atoms with Crippen molar-refractivity contribution in [1.82, 2.24) is 4.90 Å². The van der Waals surface area contributed by atoms with Crippen LogP contribution in [0.3, 0.4) is 0 Å². The molecular formula is C16H30N2O2. The number of nitrogens with zero attached hydrogens (tertiary/aromatic N) is 1. The monoisotopic (exact) mass is 282 g/mol. The topological polar surface area (TPSA) is 55.6 Å². The van der Waals surface area contributed by atoms with Crippen LogP contribution in [0.5, 0.6) is 0 Å². The molecule has 1 saturated heterocycles. The van der Waals surface area contributed by atoms with Crippen molar-refractivity contribution >= 4 is 6.09 Å². The molecule has 20 heavy (non-hydrogen) atoms. The van der Waals surface area contributed by atoms with E-state index >= 15 is 0 Å². The molecule has 2 N–H and O–H groups in total. The molecule has 4 heteroatoms. The number of nitrogens with two attached hydrogens (primary N) is 1. The highest BCUT2D eigenvalue weighted by molar-refractivity contribution is 5.68. The van der Waals surface area contributed by atoms with E-state index in [2.05, 4.69) is 0 Å². The SMILES string of the molecule is CC(C)(C)OC(=O)N1CCC(CN)C(C2CCC2)CC1. The van der Waals surface area contributed by atoms with Crippen LogP contribution < -0.4 is 5.73 Å². The van der Waals surface area contributed by atoms with Crippen molar-refractivity contribution in [3.8, 4) is 0 Å². The minimum Gasteiger partial charge on any atom is -0.444 e. The van der Waals surface area contributed by atoms with Gasteiger partial charge in [-0.05, 0) is 57.9 Å². The van der Waals surface area contributed by atoms with Crippen molar-refractivity contribution in [2.24, 2.45) is 23.5 Å². The summed E-state index contributed by atoms with van der Waals surface area (Å²) in [6.07, 6.45) is 6.03. The maximum atomic E-state index is 12.2. The van der Waals surface area contributed by atoms with Crippen LogP contribution in [0, 0.1) is 17.8 Å². The number of ether oxygens (including phenoxy) is 1. The zero-order valence-electron chi connectivity index (χ0n) is 13.2. The number of rotatable bonds is 2. The second-order valence-electron chi connectivity index (χ2n) is 7.40. The molecular weight excluding hydrogens is 252 g/mol. The fourth-order valence-electron chi connectivity index (χ4n) is 3.48. The van der Waals surface area contributed by atoms with E-state index in [4.69, 9.17) is 10.5 Å². The second-order valence-corrected chi connectivity index (χ2v) is 7.40. The van der Waals surface area contributed by atoms with Gasteiger partial charge in [-0.2, -0.15) is 0 Å². The summed E-state index contributed by atoms with van der Waals surface area (Å²) in [6.45, 7) is 8.13. The van der Waals surface area contributed by atoms with Crippen molar-refractivity contribution in [1.29, 1.82) is 0 Å². The Morgan fingerprint density at radius 2 is 1.85 bits per heavy atom. The third-order valence-electron chi connectivity index (χ3n) is 4.82. The third-order valence-corrected chi connectivity index (χ3v) is 4.82. The van der Waals surface area contributed by atoms with E-state index in [0.29, 0.717) is 11.8 Å². The Labute approximate surface area is 123 Å². The van der Waals surface area contributed by atoms with Crippen molar-refractivity contribution in [2.75, 3.05) is 19.6 Å². The van der Waals surface area contributed by atoms with Gasteiger partial charge in [0.05, 0.1) is 0 Å². The molecule has 0 bridgehead atoms. The van der Waals surface area contributed by atoms with Crippen LogP contribution in [0.4, 0.5) is 4.79 Å². The van der Waals surface area contributed by atoms with E-state index in [1.54, 1.807) is 0 Å². The Bertz CT molecular complexity index is 334. The maximum absolute atomic E-state index is 12.2. The van der Waals surface area contributed by atoms with E-state index < -0.39 is 5.60 Å². The maximum Gasteiger partial charge on any atom is 0.410 e. The van der Waals surface area contributed by atoms with Gasteiger partial charge in [-0.25, -0.2) is 4.79 Å². The minimum atomic E-state index is -0.413. The number of amides is 1. The Morgan fingerprint density at radius 3 is 2.35 bits per heavy atom. The largest absolute Gasteiger partial charge is 0.444 e. The third kappa shape index (κ3) is 3.87. The number of likely N-dealkylation sites (tertiary alicyclic amines) is 1. The Balaban J connectivity index is 1.94. The van der Waals surface area contributed by atoms with Gasteiger partial charge in [-0.3, -0.25) is 0 Å². The summed E-state index contributed by atoms with van der Waals surface area (Å²) < 4.78 is 5.49. The van der Waals surface area contributed by atoms with Crippen LogP contribution in [0.1, 0.15) is 52.9 Å². The molecule has 2 unspecified atom stereocenters. The van der Waals surface area contributed by atoms with Crippen molar-refractivity contribution < 1.29 is 9.53 Å². The summed E-state index contributed by atoms with van der Waals surface area (Å²) in [5.41, 5.74) is 5.56. The molecule has 0 aromatic heterocycles. The van der Waals surface area contributed by atoms with Gasteiger partial charge in [0.25, 0.3) is 0 Å². The molecule has 4 nitrogen and oxygen atoms in total. The number of carbonyl (C=O) groups is 1. The molecule has 2 fully saturated rings. The molecule has 1 amide bonds. The smallest absolute Gasteiger partial charge is 0.410 e. The molecule has 0 aromatic rings. The summed E-state index contributed by atoms with van der Waals surface area (Å²) in [6, 6.07) is 0. The predicted octanol–water partition coefficient (Wildman–Crippen LogP) is 3.01. The highest BCUT2D eigenvalue weighted by atomic mass is 16.6. The van der Waals surface area contributed by atoms with Crippen LogP contribution in [-0.4, -0.2) is 36.2 Å². The Morgan fingerprint density at radius 1 is 1.20 bits per heavy atom. The van der Waals surface area contributed by atoms with Crippen LogP contribution in [0.2, 0.25) is 0 Å². The van der Waals surface area contributed by atoms with Gasteiger partial charge < -0.3 is 15.4 Å². The van der Waals surface area contributed by atoms with E-state index in [-0.39, 0.29) is 6.09 Å². The average molecular weight is 282 g/mol. The van der Waals surface area contributed by atoms with Gasteiger partial charge in [0.1, 0.15) is 5.60 Å². The molecule has 1 aliphatic carbocycles. The van der Waals surface area contributed by atoms with Gasteiger partial charge in [-0.1, -0.05) is 19.3 Å². The molecule has 2 rings (SSSR count). The summed E-state index contributed by atoms with van der Waals surface area (Å²) in [5.74, 6) is 2.14. The molecule has 0 spiro atoms. The standard InChI is InChI=1S/C16H30N2O2/c1-16(2,3)20-15(19)18-9-7-13(11-17)14(8-10-18)12-5-4-6-12/h12-14H,4-11,17H2,1-3H3. The lowest BCUT2D eigenvalue weighted by Crippen LogP contribution is -2.37. The predicted molar refractivity (Wildman–Crippen MR) is 80.4 cm³/mol. The number of hydrogen-bond acceptors (Lipinski definition) is 3. The first-order valence-electron chi connectivity index (χ1n) is 8.08. The van der Waals surface area contributed by atoms with Crippen LogP contribution in [0.25, 0.3) is 0 Å². The fourth-order valence-corrected chi connectivity index (χ4v) is 3.48. The van der Waals surface area contributed by atoms with Gasteiger partial charge in [0.15, 0.2) is 0 Å². The highest BCUT2D eigenvalue weighted by Gasteiger charge is 2.36. The van der Waals surface area contributed by atoms with Crippen LogP contribution in [0.15, 0.2) is 0 Å². The lowest BCUT2D eigenvalue weighted by molar-refractivity contribution is 0.0252. The first kappa shape index (κ1) is 15.6. The zero-order valence-corrected chi connectivity index (χ0v) is 13.2. The van der Waals surface area contributed by atoms with E-state index in [9.17, 15) is 4.79 Å². The minimum absolute atomic E-state index is 0.164. The molecule has 0 aromatic carbocycles. The average Bonchev–Trinajstić information content (AvgIpc) is 2.47. The summed E-state index contributed by atoms with van der Waals surface area (Å²) >= 11 is 0. The lowest BCUT2D eigenvalue weighted by atomic mass is 9.69. The van der Waals surface area contributed by atoms with Gasteiger partial charge in [0.2, 0.25) is 0 Å². The molecule has 1 heterocycles. The van der Waals surface area contributed by atoms with Crippen molar-refractivity contribution in [3.63, 3.8) is 0 Å². The molecule has 116 valence electrons. The van der Waals surface area contributed by atoms with Gasteiger partial charge in [0, 0.05) is 13.1 Å². The Kier molecular flexibility index (Phi) is 4.95. The normalized spacial score (nSPS) is 28.7. The lowest BCUT2D eigenvalue weighted by Gasteiger charge is -2.37.